The largest absolute Gasteiger partial charge is 0.457 e. The zero-order chi connectivity index (χ0) is 20.9. The van der Waals surface area contributed by atoms with E-state index in [-0.39, 0.29) is 22.9 Å². The van der Waals surface area contributed by atoms with E-state index in [1.807, 2.05) is 13.8 Å². The summed E-state index contributed by atoms with van der Waals surface area (Å²) in [5, 5.41) is 9.79. The highest BCUT2D eigenvalue weighted by molar-refractivity contribution is 7.92. The van der Waals surface area contributed by atoms with Crippen LogP contribution >= 0.6 is 0 Å². The number of hydrogen-bond acceptors (Lipinski definition) is 3. The van der Waals surface area contributed by atoms with Gasteiger partial charge in [0.1, 0.15) is 6.10 Å². The number of nitrogens with zero attached hydrogens (tertiary/aromatic N) is 1. The van der Waals surface area contributed by atoms with E-state index in [4.69, 9.17) is 0 Å². The molecule has 0 amide bonds. The molecule has 0 aliphatic rings. The molecule has 1 N–H and O–H groups in total. The molecule has 0 spiro atoms. The highest BCUT2D eigenvalue weighted by Gasteiger charge is 2.26. The van der Waals surface area contributed by atoms with Crippen LogP contribution in [0.5, 0.6) is 0 Å². The normalized spacial score (nSPS) is 13.0. The predicted octanol–water partition coefficient (Wildman–Crippen LogP) is 4.14. The second-order valence-electron chi connectivity index (χ2n) is 6.50. The fourth-order valence-corrected chi connectivity index (χ4v) is 4.10. The fraction of sp³-hybridized carbons (Fsp3) is 0.300. The molecule has 28 heavy (non-hydrogen) atoms. The van der Waals surface area contributed by atoms with Crippen LogP contribution in [0, 0.1) is 17.8 Å². The number of sulfonamides is 1. The van der Waals surface area contributed by atoms with E-state index >= 15 is 0 Å². The Labute approximate surface area is 162 Å². The van der Waals surface area contributed by atoms with Gasteiger partial charge in [0.05, 0.1) is 10.6 Å². The first kappa shape index (κ1) is 21.8. The lowest BCUT2D eigenvalue weighted by atomic mass is 10.1. The van der Waals surface area contributed by atoms with Gasteiger partial charge < -0.3 is 5.11 Å². The van der Waals surface area contributed by atoms with Gasteiger partial charge in [-0.05, 0) is 35.7 Å². The molecule has 0 bridgehead atoms. The summed E-state index contributed by atoms with van der Waals surface area (Å²) >= 11 is 0. The first-order valence-corrected chi connectivity index (χ1v) is 9.90. The molecule has 4 nitrogen and oxygen atoms in total. The zero-order valence-electron chi connectivity index (χ0n) is 15.3. The summed E-state index contributed by atoms with van der Waals surface area (Å²) in [5.74, 6) is 2.78. The molecule has 2 aromatic rings. The van der Waals surface area contributed by atoms with Crippen LogP contribution in [-0.2, 0) is 10.0 Å². The lowest BCUT2D eigenvalue weighted by Crippen LogP contribution is -2.34. The Morgan fingerprint density at radius 2 is 1.61 bits per heavy atom. The van der Waals surface area contributed by atoms with E-state index in [0.29, 0.717) is 5.69 Å². The van der Waals surface area contributed by atoms with Crippen LogP contribution in [0.4, 0.5) is 18.9 Å². The molecule has 150 valence electrons. The van der Waals surface area contributed by atoms with Crippen LogP contribution in [0.25, 0.3) is 0 Å². The van der Waals surface area contributed by atoms with Crippen LogP contribution in [0.15, 0.2) is 59.5 Å². The summed E-state index contributed by atoms with van der Waals surface area (Å²) in [5.41, 5.74) is 0.486. The van der Waals surface area contributed by atoms with Crippen molar-refractivity contribution in [2.75, 3.05) is 10.8 Å². The number of alkyl halides is 3. The molecule has 0 fully saturated rings. The van der Waals surface area contributed by atoms with Crippen molar-refractivity contribution >= 4 is 15.7 Å². The molecule has 2 rings (SSSR count). The molecular formula is C20H20F3NO3S. The summed E-state index contributed by atoms with van der Waals surface area (Å²) in [6, 6.07) is 13.6. The molecule has 0 saturated carbocycles. The number of aliphatic hydroxyl groups is 1. The molecule has 0 saturated heterocycles. The first-order valence-electron chi connectivity index (χ1n) is 8.46. The fourth-order valence-electron chi connectivity index (χ4n) is 2.45. The standard InChI is InChI=1S/C20H20F3NO3S/c1-15(2)14-24(28(26,27)18-6-4-3-5-7-18)17-10-8-16(9-11-17)19(25)12-13-20(21,22)23/h3-11,15,19,25H,14H2,1-2H3. The number of anilines is 1. The summed E-state index contributed by atoms with van der Waals surface area (Å²) in [4.78, 5) is 0.135. The Morgan fingerprint density at radius 3 is 2.11 bits per heavy atom. The third-order valence-corrected chi connectivity index (χ3v) is 5.52. The van der Waals surface area contributed by atoms with Crippen molar-refractivity contribution in [3.63, 3.8) is 0 Å². The van der Waals surface area contributed by atoms with E-state index in [1.54, 1.807) is 24.1 Å². The third kappa shape index (κ3) is 5.75. The summed E-state index contributed by atoms with van der Waals surface area (Å²) in [7, 11) is -3.82. The molecule has 2 aromatic carbocycles. The SMILES string of the molecule is CC(C)CN(c1ccc(C(O)C#CC(F)(F)F)cc1)S(=O)(=O)c1ccccc1. The van der Waals surface area contributed by atoms with Crippen molar-refractivity contribution in [2.24, 2.45) is 5.92 Å². The lowest BCUT2D eigenvalue weighted by molar-refractivity contribution is -0.0700. The van der Waals surface area contributed by atoms with Crippen molar-refractivity contribution in [1.29, 1.82) is 0 Å². The van der Waals surface area contributed by atoms with Gasteiger partial charge in [-0.25, -0.2) is 8.42 Å². The third-order valence-electron chi connectivity index (χ3n) is 3.71. The van der Waals surface area contributed by atoms with Gasteiger partial charge in [-0.3, -0.25) is 4.31 Å². The number of hydrogen-bond donors (Lipinski definition) is 1. The molecule has 0 aromatic heterocycles. The highest BCUT2D eigenvalue weighted by atomic mass is 32.2. The Bertz CT molecular complexity index is 944. The summed E-state index contributed by atoms with van der Waals surface area (Å²) in [6.07, 6.45) is -6.32. The van der Waals surface area contributed by atoms with Gasteiger partial charge in [0.2, 0.25) is 0 Å². The molecule has 0 heterocycles. The van der Waals surface area contributed by atoms with E-state index in [0.717, 1.165) is 5.92 Å². The Morgan fingerprint density at radius 1 is 1.04 bits per heavy atom. The summed E-state index contributed by atoms with van der Waals surface area (Å²) < 4.78 is 63.8. The number of halogens is 3. The number of benzene rings is 2. The molecule has 0 aliphatic carbocycles. The maximum Gasteiger partial charge on any atom is 0.457 e. The topological polar surface area (TPSA) is 57.6 Å². The van der Waals surface area contributed by atoms with Gasteiger partial charge in [-0.15, -0.1) is 0 Å². The Kier molecular flexibility index (Phi) is 6.75. The van der Waals surface area contributed by atoms with Crippen molar-refractivity contribution in [3.8, 4) is 11.8 Å². The smallest absolute Gasteiger partial charge is 0.376 e. The molecule has 1 unspecified atom stereocenters. The van der Waals surface area contributed by atoms with Crippen LogP contribution in [-0.4, -0.2) is 26.2 Å². The van der Waals surface area contributed by atoms with Gasteiger partial charge in [-0.2, -0.15) is 13.2 Å². The van der Waals surface area contributed by atoms with Crippen molar-refractivity contribution in [3.05, 3.63) is 60.2 Å². The Balaban J connectivity index is 2.36. The van der Waals surface area contributed by atoms with E-state index in [9.17, 15) is 26.7 Å². The van der Waals surface area contributed by atoms with E-state index in [2.05, 4.69) is 0 Å². The van der Waals surface area contributed by atoms with E-state index in [1.165, 1.54) is 40.7 Å². The molecule has 8 heteroatoms. The minimum atomic E-state index is -4.70. The van der Waals surface area contributed by atoms with Crippen molar-refractivity contribution in [1.82, 2.24) is 0 Å². The second-order valence-corrected chi connectivity index (χ2v) is 8.37. The second kappa shape index (κ2) is 8.67. The predicted molar refractivity (Wildman–Crippen MR) is 101 cm³/mol. The zero-order valence-corrected chi connectivity index (χ0v) is 16.1. The maximum absolute atomic E-state index is 13.0. The minimum Gasteiger partial charge on any atom is -0.376 e. The number of rotatable bonds is 6. The van der Waals surface area contributed by atoms with Crippen LogP contribution in [0.2, 0.25) is 0 Å². The van der Waals surface area contributed by atoms with Gasteiger partial charge in [0.25, 0.3) is 10.0 Å². The minimum absolute atomic E-state index is 0.0291. The molecule has 0 radical (unpaired) electrons. The molecular weight excluding hydrogens is 391 g/mol. The van der Waals surface area contributed by atoms with Crippen molar-refractivity contribution < 1.29 is 26.7 Å². The maximum atomic E-state index is 13.0. The van der Waals surface area contributed by atoms with Gasteiger partial charge in [-0.1, -0.05) is 50.1 Å². The van der Waals surface area contributed by atoms with Crippen LogP contribution in [0.3, 0.4) is 0 Å². The highest BCUT2D eigenvalue weighted by Crippen LogP contribution is 2.26. The lowest BCUT2D eigenvalue weighted by Gasteiger charge is -2.26. The summed E-state index contributed by atoms with van der Waals surface area (Å²) in [6.45, 7) is 3.96. The molecule has 1 atom stereocenters. The quantitative estimate of drug-likeness (QED) is 0.727. The van der Waals surface area contributed by atoms with Gasteiger partial charge >= 0.3 is 6.18 Å². The van der Waals surface area contributed by atoms with E-state index < -0.39 is 22.3 Å². The Hall–Kier alpha value is -2.50. The van der Waals surface area contributed by atoms with Crippen LogP contribution in [0.1, 0.15) is 25.5 Å². The average Bonchev–Trinajstić information content (AvgIpc) is 2.64. The van der Waals surface area contributed by atoms with Crippen molar-refractivity contribution in [2.45, 2.75) is 31.0 Å². The number of aliphatic hydroxyl groups excluding tert-OH is 1. The first-order chi connectivity index (χ1) is 13.0. The van der Waals surface area contributed by atoms with Gasteiger partial charge in [0.15, 0.2) is 0 Å². The monoisotopic (exact) mass is 411 g/mol. The molecule has 0 aliphatic heterocycles. The van der Waals surface area contributed by atoms with Crippen LogP contribution < -0.4 is 4.31 Å². The average molecular weight is 411 g/mol. The van der Waals surface area contributed by atoms with Gasteiger partial charge in [0, 0.05) is 12.5 Å².